The van der Waals surface area contributed by atoms with E-state index in [1.165, 1.54) is 0 Å². The molecule has 1 heterocycles. The topological polar surface area (TPSA) is 50.4 Å². The number of benzene rings is 1. The molecule has 138 valence electrons. The van der Waals surface area contributed by atoms with Crippen LogP contribution in [-0.2, 0) is 0 Å². The molecule has 2 amide bonds. The maximum absolute atomic E-state index is 13.3. The van der Waals surface area contributed by atoms with Gasteiger partial charge < -0.3 is 15.4 Å². The minimum atomic E-state index is -2.54. The summed E-state index contributed by atoms with van der Waals surface area (Å²) in [7, 11) is 0. The number of hydrogen-bond acceptors (Lipinski definition) is 2. The highest BCUT2D eigenvalue weighted by atomic mass is 19.3. The molecule has 0 radical (unpaired) electrons. The molecule has 1 aromatic rings. The first-order valence-electron chi connectivity index (χ1n) is 9.03. The van der Waals surface area contributed by atoms with E-state index in [1.807, 2.05) is 32.0 Å². The Kier molecular flexibility index (Phi) is 5.16. The minimum Gasteiger partial charge on any atom is -0.493 e. The predicted molar refractivity (Wildman–Crippen MR) is 92.1 cm³/mol. The fourth-order valence-corrected chi connectivity index (χ4v) is 3.82. The van der Waals surface area contributed by atoms with Crippen molar-refractivity contribution in [1.82, 2.24) is 10.6 Å². The van der Waals surface area contributed by atoms with Crippen LogP contribution in [0.5, 0.6) is 5.75 Å². The number of para-hydroxylation sites is 1. The number of nitrogens with one attached hydrogen (secondary N) is 2. The number of fused-ring (bicyclic) bond motifs is 1. The Hall–Kier alpha value is -1.85. The second-order valence-corrected chi connectivity index (χ2v) is 7.28. The van der Waals surface area contributed by atoms with Crippen LogP contribution in [0, 0.1) is 12.8 Å². The van der Waals surface area contributed by atoms with Crippen molar-refractivity contribution in [2.45, 2.75) is 64.0 Å². The molecule has 2 atom stereocenters. The van der Waals surface area contributed by atoms with Gasteiger partial charge in [0.2, 0.25) is 5.92 Å². The number of carbonyl (C=O) groups excluding carboxylic acids is 1. The number of urea groups is 1. The molecule has 25 heavy (non-hydrogen) atoms. The zero-order chi connectivity index (χ0) is 18.0. The predicted octanol–water partition coefficient (Wildman–Crippen LogP) is 4.33. The fraction of sp³-hybridized carbons (Fsp3) is 0.632. The van der Waals surface area contributed by atoms with Crippen LogP contribution < -0.4 is 15.4 Å². The summed E-state index contributed by atoms with van der Waals surface area (Å²) in [4.78, 5) is 12.4. The second-order valence-electron chi connectivity index (χ2n) is 7.28. The molecule has 6 heteroatoms. The van der Waals surface area contributed by atoms with Crippen molar-refractivity contribution in [3.05, 3.63) is 29.3 Å². The zero-order valence-corrected chi connectivity index (χ0v) is 14.8. The molecule has 2 aliphatic rings. The lowest BCUT2D eigenvalue weighted by molar-refractivity contribution is -0.0484. The Morgan fingerprint density at radius 2 is 2.00 bits per heavy atom. The van der Waals surface area contributed by atoms with Crippen molar-refractivity contribution in [2.24, 2.45) is 5.92 Å². The summed E-state index contributed by atoms with van der Waals surface area (Å²) >= 11 is 0. The van der Waals surface area contributed by atoms with Crippen LogP contribution in [0.1, 0.15) is 56.2 Å². The number of alkyl halides is 2. The molecule has 0 saturated heterocycles. The van der Waals surface area contributed by atoms with Gasteiger partial charge in [0.1, 0.15) is 5.75 Å². The first-order chi connectivity index (χ1) is 11.9. The van der Waals surface area contributed by atoms with Gasteiger partial charge in [0.25, 0.3) is 0 Å². The highest BCUT2D eigenvalue weighted by molar-refractivity contribution is 5.75. The minimum absolute atomic E-state index is 0.0854. The van der Waals surface area contributed by atoms with Crippen LogP contribution in [0.3, 0.4) is 0 Å². The van der Waals surface area contributed by atoms with Gasteiger partial charge in [-0.2, -0.15) is 0 Å². The van der Waals surface area contributed by atoms with E-state index >= 15 is 0 Å². The van der Waals surface area contributed by atoms with Gasteiger partial charge in [0.05, 0.1) is 12.6 Å². The van der Waals surface area contributed by atoms with E-state index in [4.69, 9.17) is 4.74 Å². The van der Waals surface area contributed by atoms with Crippen LogP contribution in [0.2, 0.25) is 0 Å². The summed E-state index contributed by atoms with van der Waals surface area (Å²) in [6, 6.07) is 5.46. The van der Waals surface area contributed by atoms with E-state index in [0.717, 1.165) is 16.9 Å². The third-order valence-electron chi connectivity index (χ3n) is 5.40. The second kappa shape index (κ2) is 7.18. The number of aryl methyl sites for hydroxylation is 1. The van der Waals surface area contributed by atoms with Crippen molar-refractivity contribution in [3.63, 3.8) is 0 Å². The van der Waals surface area contributed by atoms with Gasteiger partial charge in [-0.25, -0.2) is 13.6 Å². The average molecular weight is 352 g/mol. The first-order valence-corrected chi connectivity index (χ1v) is 9.03. The van der Waals surface area contributed by atoms with Gasteiger partial charge in [-0.1, -0.05) is 18.2 Å². The molecule has 4 nitrogen and oxygen atoms in total. The summed E-state index contributed by atoms with van der Waals surface area (Å²) in [5, 5.41) is 5.94. The molecule has 1 fully saturated rings. The van der Waals surface area contributed by atoms with Gasteiger partial charge in [-0.3, -0.25) is 0 Å². The molecular formula is C19H26F2N2O2. The van der Waals surface area contributed by atoms with Gasteiger partial charge in [0, 0.05) is 30.9 Å². The lowest BCUT2D eigenvalue weighted by Gasteiger charge is -2.33. The molecular weight excluding hydrogens is 326 g/mol. The number of carbonyl (C=O) groups is 1. The Labute approximate surface area is 147 Å². The average Bonchev–Trinajstić information content (AvgIpc) is 2.55. The maximum Gasteiger partial charge on any atom is 0.315 e. The smallest absolute Gasteiger partial charge is 0.315 e. The quantitative estimate of drug-likeness (QED) is 0.851. The summed E-state index contributed by atoms with van der Waals surface area (Å²) in [6.07, 6.45) is 1.45. The molecule has 0 spiro atoms. The SMILES string of the molecule is Cc1cccc2c1OCC[C@H]2NC(=O)NC(C)C1CCC(F)(F)CC1. The largest absolute Gasteiger partial charge is 0.493 e. The lowest BCUT2D eigenvalue weighted by Crippen LogP contribution is -2.47. The Balaban J connectivity index is 1.56. The van der Waals surface area contributed by atoms with Crippen LogP contribution >= 0.6 is 0 Å². The summed E-state index contributed by atoms with van der Waals surface area (Å²) in [6.45, 7) is 4.45. The van der Waals surface area contributed by atoms with Crippen molar-refractivity contribution in [3.8, 4) is 5.75 Å². The normalized spacial score (nSPS) is 23.9. The molecule has 1 unspecified atom stereocenters. The lowest BCUT2D eigenvalue weighted by atomic mass is 9.82. The van der Waals surface area contributed by atoms with E-state index in [2.05, 4.69) is 10.6 Å². The van der Waals surface area contributed by atoms with Gasteiger partial charge in [-0.15, -0.1) is 0 Å². The zero-order valence-electron chi connectivity index (χ0n) is 14.8. The summed E-state index contributed by atoms with van der Waals surface area (Å²) in [5.41, 5.74) is 2.05. The molecule has 0 aromatic heterocycles. The van der Waals surface area contributed by atoms with Crippen molar-refractivity contribution in [1.29, 1.82) is 0 Å². The molecule has 1 aliphatic carbocycles. The van der Waals surface area contributed by atoms with Crippen LogP contribution in [0.25, 0.3) is 0 Å². The summed E-state index contributed by atoms with van der Waals surface area (Å²) < 4.78 is 32.3. The Morgan fingerprint density at radius 1 is 1.28 bits per heavy atom. The molecule has 1 aromatic carbocycles. The number of halogens is 2. The molecule has 0 bridgehead atoms. The number of hydrogen-bond donors (Lipinski definition) is 2. The highest BCUT2D eigenvalue weighted by Crippen LogP contribution is 2.37. The van der Waals surface area contributed by atoms with Crippen molar-refractivity contribution in [2.75, 3.05) is 6.61 Å². The van der Waals surface area contributed by atoms with E-state index < -0.39 is 5.92 Å². The molecule has 1 saturated carbocycles. The highest BCUT2D eigenvalue weighted by Gasteiger charge is 2.37. The van der Waals surface area contributed by atoms with Crippen molar-refractivity contribution < 1.29 is 18.3 Å². The summed E-state index contributed by atoms with van der Waals surface area (Å²) in [5.74, 6) is -1.58. The number of ether oxygens (including phenoxy) is 1. The van der Waals surface area contributed by atoms with Gasteiger partial charge in [-0.05, 0) is 38.2 Å². The standard InChI is InChI=1S/C19H26F2N2O2/c1-12-4-3-5-15-16(8-11-25-17(12)15)23-18(24)22-13(2)14-6-9-19(20,21)10-7-14/h3-5,13-14,16H,6-11H2,1-2H3,(H2,22,23,24)/t13?,16-/m1/s1. The monoisotopic (exact) mass is 352 g/mol. The van der Waals surface area contributed by atoms with Gasteiger partial charge >= 0.3 is 6.03 Å². The third-order valence-corrected chi connectivity index (χ3v) is 5.40. The Morgan fingerprint density at radius 3 is 2.72 bits per heavy atom. The van der Waals surface area contributed by atoms with Crippen LogP contribution in [0.15, 0.2) is 18.2 Å². The van der Waals surface area contributed by atoms with Gasteiger partial charge in [0.15, 0.2) is 0 Å². The molecule has 2 N–H and O–H groups in total. The van der Waals surface area contributed by atoms with Crippen LogP contribution in [0.4, 0.5) is 13.6 Å². The fourth-order valence-electron chi connectivity index (χ4n) is 3.82. The first kappa shape index (κ1) is 18.0. The maximum atomic E-state index is 13.3. The van der Waals surface area contributed by atoms with Crippen molar-refractivity contribution >= 4 is 6.03 Å². The number of amides is 2. The molecule has 1 aliphatic heterocycles. The Bertz CT molecular complexity index is 626. The van der Waals surface area contributed by atoms with E-state index in [-0.39, 0.29) is 36.9 Å². The van der Waals surface area contributed by atoms with Crippen LogP contribution in [-0.4, -0.2) is 24.6 Å². The molecule has 3 rings (SSSR count). The van der Waals surface area contributed by atoms with E-state index in [0.29, 0.717) is 25.9 Å². The third kappa shape index (κ3) is 4.22. The van der Waals surface area contributed by atoms with E-state index in [1.54, 1.807) is 0 Å². The number of rotatable bonds is 3. The van der Waals surface area contributed by atoms with E-state index in [9.17, 15) is 13.6 Å².